The molecule has 0 atom stereocenters. The Labute approximate surface area is 119 Å². The van der Waals surface area contributed by atoms with E-state index in [1.165, 1.54) is 12.1 Å². The van der Waals surface area contributed by atoms with E-state index in [0.29, 0.717) is 6.54 Å². The van der Waals surface area contributed by atoms with Crippen LogP contribution < -0.4 is 4.90 Å². The predicted octanol–water partition coefficient (Wildman–Crippen LogP) is 2.76. The first-order valence-corrected chi connectivity index (χ1v) is 7.72. The summed E-state index contributed by atoms with van der Waals surface area (Å²) in [5.41, 5.74) is 2.07. The van der Waals surface area contributed by atoms with E-state index in [-0.39, 0.29) is 4.90 Å². The van der Waals surface area contributed by atoms with Gasteiger partial charge in [-0.25, -0.2) is 0 Å². The van der Waals surface area contributed by atoms with E-state index in [1.807, 2.05) is 24.3 Å². The highest BCUT2D eigenvalue weighted by Gasteiger charge is 2.10. The molecule has 0 saturated heterocycles. The summed E-state index contributed by atoms with van der Waals surface area (Å²) >= 11 is 0. The zero-order chi connectivity index (χ0) is 14.6. The molecule has 0 aliphatic carbocycles. The Morgan fingerprint density at radius 2 is 1.70 bits per heavy atom. The van der Waals surface area contributed by atoms with Crippen LogP contribution >= 0.6 is 0 Å². The van der Waals surface area contributed by atoms with Crippen LogP contribution in [0.5, 0.6) is 0 Å². The van der Waals surface area contributed by atoms with Crippen LogP contribution in [0, 0.1) is 6.07 Å². The Bertz CT molecular complexity index is 651. The fraction of sp³-hybridized carbons (Fsp3) is 0.200. The van der Waals surface area contributed by atoms with Gasteiger partial charge in [0.25, 0.3) is 10.1 Å². The molecule has 2 aromatic rings. The lowest BCUT2D eigenvalue weighted by Gasteiger charge is -2.23. The number of hydrogen-bond acceptors (Lipinski definition) is 3. The number of hydrogen-bond donors (Lipinski definition) is 1. The topological polar surface area (TPSA) is 57.6 Å². The molecule has 0 fully saturated rings. The molecule has 2 aromatic carbocycles. The van der Waals surface area contributed by atoms with Gasteiger partial charge in [0, 0.05) is 18.8 Å². The number of anilines is 1. The van der Waals surface area contributed by atoms with Crippen LogP contribution in [-0.4, -0.2) is 19.5 Å². The summed E-state index contributed by atoms with van der Waals surface area (Å²) in [6.45, 7) is 3.57. The molecule has 0 unspecified atom stereocenters. The average molecular weight is 290 g/mol. The van der Waals surface area contributed by atoms with Gasteiger partial charge in [0.15, 0.2) is 0 Å². The molecule has 0 spiro atoms. The predicted molar refractivity (Wildman–Crippen MR) is 78.3 cm³/mol. The summed E-state index contributed by atoms with van der Waals surface area (Å²) in [5.74, 6) is 0. The van der Waals surface area contributed by atoms with Crippen LogP contribution in [0.25, 0.3) is 0 Å². The largest absolute Gasteiger partial charge is 0.367 e. The maximum atomic E-state index is 11.0. The van der Waals surface area contributed by atoms with E-state index in [2.05, 4.69) is 17.9 Å². The van der Waals surface area contributed by atoms with Crippen molar-refractivity contribution in [3.8, 4) is 0 Å². The quantitative estimate of drug-likeness (QED) is 0.860. The van der Waals surface area contributed by atoms with Gasteiger partial charge in [0.05, 0.1) is 4.90 Å². The Kier molecular flexibility index (Phi) is 4.42. The first-order chi connectivity index (χ1) is 9.50. The third kappa shape index (κ3) is 3.59. The number of benzene rings is 2. The van der Waals surface area contributed by atoms with E-state index in [1.54, 1.807) is 12.1 Å². The molecular formula is C15H16NO3S. The fourth-order valence-electron chi connectivity index (χ4n) is 1.96. The van der Waals surface area contributed by atoms with Crippen LogP contribution in [0.3, 0.4) is 0 Å². The number of rotatable bonds is 5. The maximum absolute atomic E-state index is 11.0. The van der Waals surface area contributed by atoms with Gasteiger partial charge < -0.3 is 4.90 Å². The Morgan fingerprint density at radius 1 is 1.10 bits per heavy atom. The second kappa shape index (κ2) is 6.07. The van der Waals surface area contributed by atoms with Crippen molar-refractivity contribution >= 4 is 15.8 Å². The van der Waals surface area contributed by atoms with Crippen molar-refractivity contribution in [3.63, 3.8) is 0 Å². The molecule has 0 aliphatic rings. The lowest BCUT2D eigenvalue weighted by atomic mass is 10.2. The Balaban J connectivity index is 2.17. The van der Waals surface area contributed by atoms with Crippen molar-refractivity contribution in [2.75, 3.05) is 11.4 Å². The first kappa shape index (κ1) is 14.6. The minimum absolute atomic E-state index is 0.0846. The van der Waals surface area contributed by atoms with Crippen LogP contribution in [0.1, 0.15) is 12.5 Å². The molecule has 0 bridgehead atoms. The fourth-order valence-corrected chi connectivity index (χ4v) is 2.44. The van der Waals surface area contributed by atoms with Gasteiger partial charge in [-0.1, -0.05) is 24.3 Å². The van der Waals surface area contributed by atoms with Crippen molar-refractivity contribution in [1.82, 2.24) is 0 Å². The minimum Gasteiger partial charge on any atom is -0.367 e. The van der Waals surface area contributed by atoms with Gasteiger partial charge in [-0.3, -0.25) is 4.55 Å². The molecule has 2 rings (SSSR count). The third-order valence-electron chi connectivity index (χ3n) is 3.04. The van der Waals surface area contributed by atoms with E-state index in [0.717, 1.165) is 17.8 Å². The van der Waals surface area contributed by atoms with Gasteiger partial charge in [-0.05, 0) is 42.8 Å². The molecular weight excluding hydrogens is 274 g/mol. The number of nitrogens with zero attached hydrogens (tertiary/aromatic N) is 1. The first-order valence-electron chi connectivity index (χ1n) is 6.28. The molecule has 0 heterocycles. The lowest BCUT2D eigenvalue weighted by molar-refractivity contribution is 0.483. The van der Waals surface area contributed by atoms with E-state index in [9.17, 15) is 8.42 Å². The summed E-state index contributed by atoms with van der Waals surface area (Å²) in [6.07, 6.45) is 0. The standard InChI is InChI=1S/C15H16NO3S/c1-2-16(14-6-4-3-5-7-14)12-13-8-10-15(11-9-13)20(17,18)19/h4-11H,2,12H2,1H3,(H,17,18,19). The molecule has 0 amide bonds. The Hall–Kier alpha value is -1.85. The van der Waals surface area contributed by atoms with Crippen molar-refractivity contribution in [1.29, 1.82) is 0 Å². The summed E-state index contributed by atoms with van der Waals surface area (Å²) in [5, 5.41) is 0. The summed E-state index contributed by atoms with van der Waals surface area (Å²) in [4.78, 5) is 2.08. The van der Waals surface area contributed by atoms with Gasteiger partial charge in [-0.2, -0.15) is 8.42 Å². The van der Waals surface area contributed by atoms with Gasteiger partial charge in [0.2, 0.25) is 0 Å². The molecule has 1 radical (unpaired) electrons. The zero-order valence-electron chi connectivity index (χ0n) is 11.2. The van der Waals surface area contributed by atoms with E-state index < -0.39 is 10.1 Å². The minimum atomic E-state index is -4.12. The van der Waals surface area contributed by atoms with Gasteiger partial charge in [0.1, 0.15) is 0 Å². The Morgan fingerprint density at radius 3 is 2.20 bits per heavy atom. The van der Waals surface area contributed by atoms with E-state index in [4.69, 9.17) is 4.55 Å². The normalized spacial score (nSPS) is 11.3. The molecule has 4 nitrogen and oxygen atoms in total. The van der Waals surface area contributed by atoms with Crippen molar-refractivity contribution < 1.29 is 13.0 Å². The summed E-state index contributed by atoms with van der Waals surface area (Å²) in [6, 6.07) is 16.9. The monoisotopic (exact) mass is 290 g/mol. The molecule has 0 saturated carbocycles. The highest BCUT2D eigenvalue weighted by Crippen LogP contribution is 2.17. The van der Waals surface area contributed by atoms with Crippen LogP contribution in [0.2, 0.25) is 0 Å². The van der Waals surface area contributed by atoms with E-state index >= 15 is 0 Å². The summed E-state index contributed by atoms with van der Waals surface area (Å²) < 4.78 is 30.9. The summed E-state index contributed by atoms with van der Waals surface area (Å²) in [7, 11) is -4.12. The SMILES string of the molecule is CCN(Cc1ccc(S(=O)(=O)O)cc1)c1cc[c]cc1. The maximum Gasteiger partial charge on any atom is 0.294 e. The molecule has 5 heteroatoms. The van der Waals surface area contributed by atoms with Crippen molar-refractivity contribution in [2.24, 2.45) is 0 Å². The highest BCUT2D eigenvalue weighted by atomic mass is 32.2. The zero-order valence-corrected chi connectivity index (χ0v) is 12.0. The highest BCUT2D eigenvalue weighted by molar-refractivity contribution is 7.85. The molecule has 1 N–H and O–H groups in total. The van der Waals surface area contributed by atoms with Crippen LogP contribution in [-0.2, 0) is 16.7 Å². The third-order valence-corrected chi connectivity index (χ3v) is 3.91. The molecule has 20 heavy (non-hydrogen) atoms. The van der Waals surface area contributed by atoms with Crippen LogP contribution in [0.15, 0.2) is 53.4 Å². The van der Waals surface area contributed by atoms with Crippen molar-refractivity contribution in [3.05, 3.63) is 60.2 Å². The van der Waals surface area contributed by atoms with Gasteiger partial charge in [-0.15, -0.1) is 0 Å². The molecule has 0 aromatic heterocycles. The van der Waals surface area contributed by atoms with Gasteiger partial charge >= 0.3 is 0 Å². The smallest absolute Gasteiger partial charge is 0.294 e. The average Bonchev–Trinajstić information content (AvgIpc) is 2.45. The second-order valence-corrected chi connectivity index (χ2v) is 5.81. The molecule has 0 aliphatic heterocycles. The second-order valence-electron chi connectivity index (χ2n) is 4.39. The van der Waals surface area contributed by atoms with Crippen molar-refractivity contribution in [2.45, 2.75) is 18.4 Å². The molecule has 105 valence electrons. The van der Waals surface area contributed by atoms with Crippen LogP contribution in [0.4, 0.5) is 5.69 Å². The lowest BCUT2D eigenvalue weighted by Crippen LogP contribution is -2.21.